The zero-order valence-electron chi connectivity index (χ0n) is 10.2. The molecular formula is C13H11Cl2NO3. The third kappa shape index (κ3) is 4.23. The molecule has 4 nitrogen and oxygen atoms in total. The number of Topliss-reactive ketones (excluding diaryl/α,β-unsaturated/α-hetero) is 1. The van der Waals surface area contributed by atoms with Gasteiger partial charge in [-0.3, -0.25) is 9.59 Å². The summed E-state index contributed by atoms with van der Waals surface area (Å²) in [5.74, 6) is -1.80. The molecule has 0 fully saturated rings. The van der Waals surface area contributed by atoms with Crippen LogP contribution < -0.4 is 0 Å². The molecule has 19 heavy (non-hydrogen) atoms. The van der Waals surface area contributed by atoms with Gasteiger partial charge in [-0.2, -0.15) is 5.26 Å². The number of methoxy groups -OCH3 is 1. The Morgan fingerprint density at radius 3 is 2.53 bits per heavy atom. The molecule has 0 radical (unpaired) electrons. The number of rotatable bonds is 5. The zero-order chi connectivity index (χ0) is 14.4. The topological polar surface area (TPSA) is 67.2 Å². The fraction of sp³-hybridized carbons (Fsp3) is 0.308. The summed E-state index contributed by atoms with van der Waals surface area (Å²) in [6, 6.07) is 6.48. The molecule has 0 saturated carbocycles. The normalized spacial score (nSPS) is 11.5. The summed E-state index contributed by atoms with van der Waals surface area (Å²) < 4.78 is 4.44. The lowest BCUT2D eigenvalue weighted by molar-refractivity contribution is -0.141. The Balaban J connectivity index is 2.83. The molecule has 0 unspecified atom stereocenters. The van der Waals surface area contributed by atoms with Crippen molar-refractivity contribution < 1.29 is 14.3 Å². The first kappa shape index (κ1) is 15.5. The number of ketones is 1. The number of nitriles is 1. The predicted octanol–water partition coefficient (Wildman–Crippen LogP) is 3.12. The molecule has 0 aliphatic rings. The third-order valence-corrected chi connectivity index (χ3v) is 3.27. The van der Waals surface area contributed by atoms with E-state index in [0.717, 1.165) is 0 Å². The van der Waals surface area contributed by atoms with Crippen LogP contribution >= 0.6 is 23.2 Å². The number of hydrogen-bond donors (Lipinski definition) is 0. The number of carbonyl (C=O) groups is 2. The lowest BCUT2D eigenvalue weighted by Crippen LogP contribution is -2.13. The van der Waals surface area contributed by atoms with E-state index in [2.05, 4.69) is 4.74 Å². The highest BCUT2D eigenvalue weighted by molar-refractivity contribution is 6.42. The molecule has 0 aromatic heterocycles. The summed E-state index contributed by atoms with van der Waals surface area (Å²) in [6.07, 6.45) is -0.0972. The highest BCUT2D eigenvalue weighted by atomic mass is 35.5. The quantitative estimate of drug-likeness (QED) is 0.783. The molecule has 0 amide bonds. The van der Waals surface area contributed by atoms with Crippen LogP contribution in [0.25, 0.3) is 0 Å². The van der Waals surface area contributed by atoms with Gasteiger partial charge in [-0.1, -0.05) is 29.3 Å². The van der Waals surface area contributed by atoms with Crippen molar-refractivity contribution in [2.75, 3.05) is 7.11 Å². The van der Waals surface area contributed by atoms with Gasteiger partial charge in [0.25, 0.3) is 0 Å². The first-order valence-corrected chi connectivity index (χ1v) is 6.19. The summed E-state index contributed by atoms with van der Waals surface area (Å²) in [7, 11) is 1.24. The molecule has 1 rings (SSSR count). The van der Waals surface area contributed by atoms with Crippen LogP contribution in [0.15, 0.2) is 18.2 Å². The first-order valence-electron chi connectivity index (χ1n) is 5.43. The van der Waals surface area contributed by atoms with E-state index < -0.39 is 11.9 Å². The van der Waals surface area contributed by atoms with E-state index in [1.807, 2.05) is 6.07 Å². The van der Waals surface area contributed by atoms with E-state index in [9.17, 15) is 9.59 Å². The van der Waals surface area contributed by atoms with E-state index in [-0.39, 0.29) is 23.6 Å². The van der Waals surface area contributed by atoms with Gasteiger partial charge in [0.2, 0.25) is 0 Å². The van der Waals surface area contributed by atoms with Gasteiger partial charge < -0.3 is 4.74 Å². The molecule has 100 valence electrons. The van der Waals surface area contributed by atoms with E-state index >= 15 is 0 Å². The minimum Gasteiger partial charge on any atom is -0.469 e. The Hall–Kier alpha value is -1.57. The van der Waals surface area contributed by atoms with Gasteiger partial charge in [0, 0.05) is 6.42 Å². The number of carbonyl (C=O) groups excluding carboxylic acids is 2. The van der Waals surface area contributed by atoms with Crippen LogP contribution in [0.5, 0.6) is 0 Å². The SMILES string of the molecule is COC(=O)CCC(=O)[C@@H](C#N)c1ccc(Cl)c(Cl)c1. The standard InChI is InChI=1S/C13H11Cl2NO3/c1-19-13(18)5-4-12(17)9(7-16)8-2-3-10(14)11(15)6-8/h2-3,6,9H,4-5H2,1H3/t9-/m0/s1. The van der Waals surface area contributed by atoms with Crippen LogP contribution in [0, 0.1) is 11.3 Å². The van der Waals surface area contributed by atoms with E-state index in [4.69, 9.17) is 28.5 Å². The van der Waals surface area contributed by atoms with Crippen molar-refractivity contribution in [1.29, 1.82) is 5.26 Å². The molecule has 0 bridgehead atoms. The fourth-order valence-electron chi connectivity index (χ4n) is 1.50. The fourth-order valence-corrected chi connectivity index (χ4v) is 1.80. The van der Waals surface area contributed by atoms with Crippen molar-refractivity contribution in [3.05, 3.63) is 33.8 Å². The maximum Gasteiger partial charge on any atom is 0.305 e. The summed E-state index contributed by atoms with van der Waals surface area (Å²) >= 11 is 11.6. The van der Waals surface area contributed by atoms with Gasteiger partial charge in [0.15, 0.2) is 5.78 Å². The average molecular weight is 300 g/mol. The predicted molar refractivity (Wildman–Crippen MR) is 71.1 cm³/mol. The van der Waals surface area contributed by atoms with Gasteiger partial charge in [-0.25, -0.2) is 0 Å². The molecule has 0 heterocycles. The first-order chi connectivity index (χ1) is 8.99. The summed E-state index contributed by atoms with van der Waals surface area (Å²) in [4.78, 5) is 22.9. The Morgan fingerprint density at radius 2 is 2.00 bits per heavy atom. The maximum absolute atomic E-state index is 11.9. The van der Waals surface area contributed by atoms with E-state index in [0.29, 0.717) is 10.6 Å². The van der Waals surface area contributed by atoms with Crippen LogP contribution in [-0.4, -0.2) is 18.9 Å². The number of hydrogen-bond acceptors (Lipinski definition) is 4. The van der Waals surface area contributed by atoms with Crippen molar-refractivity contribution in [3.63, 3.8) is 0 Å². The van der Waals surface area contributed by atoms with Gasteiger partial charge in [0.05, 0.1) is 29.6 Å². The number of esters is 1. The van der Waals surface area contributed by atoms with Crippen molar-refractivity contribution in [1.82, 2.24) is 0 Å². The summed E-state index contributed by atoms with van der Waals surface area (Å²) in [6.45, 7) is 0. The van der Waals surface area contributed by atoms with Crippen molar-refractivity contribution in [2.45, 2.75) is 18.8 Å². The van der Waals surface area contributed by atoms with Crippen LogP contribution in [0.4, 0.5) is 0 Å². The molecule has 1 aromatic rings. The number of nitrogens with zero attached hydrogens (tertiary/aromatic N) is 1. The molecule has 1 aromatic carbocycles. The smallest absolute Gasteiger partial charge is 0.305 e. The largest absolute Gasteiger partial charge is 0.469 e. The van der Waals surface area contributed by atoms with Crippen LogP contribution in [0.2, 0.25) is 10.0 Å². The molecule has 0 spiro atoms. The lowest BCUT2D eigenvalue weighted by atomic mass is 9.93. The second-order valence-corrected chi connectivity index (χ2v) is 4.59. The van der Waals surface area contributed by atoms with Gasteiger partial charge in [0.1, 0.15) is 5.92 Å². The monoisotopic (exact) mass is 299 g/mol. The van der Waals surface area contributed by atoms with Crippen LogP contribution in [0.1, 0.15) is 24.3 Å². The van der Waals surface area contributed by atoms with E-state index in [1.54, 1.807) is 6.07 Å². The highest BCUT2D eigenvalue weighted by Crippen LogP contribution is 2.27. The maximum atomic E-state index is 11.9. The molecule has 0 aliphatic carbocycles. The van der Waals surface area contributed by atoms with E-state index in [1.165, 1.54) is 19.2 Å². The molecule has 6 heteroatoms. The Labute approximate surface area is 120 Å². The number of ether oxygens (including phenoxy) is 1. The van der Waals surface area contributed by atoms with Gasteiger partial charge in [-0.05, 0) is 17.7 Å². The molecular weight excluding hydrogens is 289 g/mol. The second-order valence-electron chi connectivity index (χ2n) is 3.78. The minimum absolute atomic E-state index is 0.0468. The second kappa shape index (κ2) is 7.13. The van der Waals surface area contributed by atoms with Gasteiger partial charge in [-0.15, -0.1) is 0 Å². The summed E-state index contributed by atoms with van der Waals surface area (Å²) in [5.41, 5.74) is 0.465. The van der Waals surface area contributed by atoms with Crippen molar-refractivity contribution in [3.8, 4) is 6.07 Å². The number of benzene rings is 1. The Morgan fingerprint density at radius 1 is 1.32 bits per heavy atom. The zero-order valence-corrected chi connectivity index (χ0v) is 11.7. The third-order valence-electron chi connectivity index (χ3n) is 2.53. The van der Waals surface area contributed by atoms with Gasteiger partial charge >= 0.3 is 5.97 Å². The van der Waals surface area contributed by atoms with Crippen molar-refractivity contribution >= 4 is 35.0 Å². The molecule has 1 atom stereocenters. The highest BCUT2D eigenvalue weighted by Gasteiger charge is 2.21. The summed E-state index contributed by atoms with van der Waals surface area (Å²) in [5, 5.41) is 9.70. The van der Waals surface area contributed by atoms with Crippen LogP contribution in [-0.2, 0) is 14.3 Å². The van der Waals surface area contributed by atoms with Crippen LogP contribution in [0.3, 0.4) is 0 Å². The Kier molecular flexibility index (Phi) is 5.81. The Bertz CT molecular complexity index is 537. The molecule has 0 saturated heterocycles. The lowest BCUT2D eigenvalue weighted by Gasteiger charge is -2.09. The average Bonchev–Trinajstić information content (AvgIpc) is 2.40. The minimum atomic E-state index is -0.959. The van der Waals surface area contributed by atoms with Crippen molar-refractivity contribution in [2.24, 2.45) is 0 Å². The molecule has 0 aliphatic heterocycles. The number of halogens is 2. The molecule has 0 N–H and O–H groups in total.